The maximum atomic E-state index is 3.54. The van der Waals surface area contributed by atoms with E-state index in [0.717, 1.165) is 19.0 Å². The molecule has 0 amide bonds. The number of thiophene rings is 1. The van der Waals surface area contributed by atoms with Gasteiger partial charge in [-0.2, -0.15) is 0 Å². The van der Waals surface area contributed by atoms with Crippen LogP contribution in [-0.4, -0.2) is 31.1 Å². The van der Waals surface area contributed by atoms with Crippen LogP contribution in [-0.2, 0) is 6.54 Å². The Morgan fingerprint density at radius 2 is 2.44 bits per heavy atom. The summed E-state index contributed by atoms with van der Waals surface area (Å²) in [6.07, 6.45) is 4.16. The second-order valence-corrected chi connectivity index (χ2v) is 7.04. The highest BCUT2D eigenvalue weighted by atomic mass is 79.9. The third-order valence-electron chi connectivity index (χ3n) is 3.71. The van der Waals surface area contributed by atoms with E-state index in [4.69, 9.17) is 0 Å². The summed E-state index contributed by atoms with van der Waals surface area (Å²) in [5.74, 6) is 0.937. The standard InChI is InChI=1S/C14H23BrN2S/c1-2-12-4-3-6-17(10-12)7-5-16-9-14-8-13(15)11-18-14/h8,11-12,16H,2-7,9-10H2,1H3. The lowest BCUT2D eigenvalue weighted by atomic mass is 9.96. The maximum absolute atomic E-state index is 3.54. The molecule has 1 aromatic rings. The molecule has 2 nitrogen and oxygen atoms in total. The average Bonchev–Trinajstić information content (AvgIpc) is 2.81. The minimum atomic E-state index is 0.937. The monoisotopic (exact) mass is 330 g/mol. The fourth-order valence-electron chi connectivity index (χ4n) is 2.58. The zero-order chi connectivity index (χ0) is 12.8. The molecule has 1 atom stereocenters. The summed E-state index contributed by atoms with van der Waals surface area (Å²) in [5, 5.41) is 5.69. The molecule has 4 heteroatoms. The van der Waals surface area contributed by atoms with Gasteiger partial charge >= 0.3 is 0 Å². The summed E-state index contributed by atoms with van der Waals surface area (Å²) < 4.78 is 1.20. The summed E-state index contributed by atoms with van der Waals surface area (Å²) in [4.78, 5) is 4.03. The third-order valence-corrected chi connectivity index (χ3v) is 5.40. The van der Waals surface area contributed by atoms with E-state index in [1.54, 1.807) is 0 Å². The van der Waals surface area contributed by atoms with Crippen molar-refractivity contribution in [2.45, 2.75) is 32.7 Å². The molecule has 0 saturated carbocycles. The van der Waals surface area contributed by atoms with E-state index in [1.165, 1.54) is 48.2 Å². The molecule has 2 heterocycles. The lowest BCUT2D eigenvalue weighted by Crippen LogP contribution is -2.39. The Kier molecular flexibility index (Phi) is 6.15. The van der Waals surface area contributed by atoms with E-state index in [9.17, 15) is 0 Å². The molecule has 1 N–H and O–H groups in total. The molecule has 1 aliphatic rings. The Morgan fingerprint density at radius 1 is 1.56 bits per heavy atom. The van der Waals surface area contributed by atoms with Crippen molar-refractivity contribution in [2.75, 3.05) is 26.2 Å². The number of nitrogens with one attached hydrogen (secondary N) is 1. The Balaban J connectivity index is 1.60. The molecule has 0 spiro atoms. The van der Waals surface area contributed by atoms with Crippen molar-refractivity contribution in [3.63, 3.8) is 0 Å². The van der Waals surface area contributed by atoms with Gasteiger partial charge in [0.15, 0.2) is 0 Å². The minimum absolute atomic E-state index is 0.937. The van der Waals surface area contributed by atoms with E-state index in [0.29, 0.717) is 0 Å². The van der Waals surface area contributed by atoms with E-state index in [-0.39, 0.29) is 0 Å². The molecule has 0 bridgehead atoms. The Labute approximate surface area is 123 Å². The molecule has 1 fully saturated rings. The van der Waals surface area contributed by atoms with E-state index in [1.807, 2.05) is 11.3 Å². The zero-order valence-corrected chi connectivity index (χ0v) is 13.5. The topological polar surface area (TPSA) is 15.3 Å². The predicted molar refractivity (Wildman–Crippen MR) is 83.2 cm³/mol. The molecule has 102 valence electrons. The predicted octanol–water partition coefficient (Wildman–Crippen LogP) is 3.72. The van der Waals surface area contributed by atoms with Crippen molar-refractivity contribution in [3.8, 4) is 0 Å². The number of hydrogen-bond donors (Lipinski definition) is 1. The van der Waals surface area contributed by atoms with Crippen LogP contribution >= 0.6 is 27.3 Å². The Bertz CT molecular complexity index is 353. The van der Waals surface area contributed by atoms with Gasteiger partial charge in [-0.15, -0.1) is 11.3 Å². The van der Waals surface area contributed by atoms with Gasteiger partial charge in [0.2, 0.25) is 0 Å². The highest BCUT2D eigenvalue weighted by Gasteiger charge is 2.17. The molecule has 1 aliphatic heterocycles. The number of likely N-dealkylation sites (tertiary alicyclic amines) is 1. The van der Waals surface area contributed by atoms with Gasteiger partial charge in [0.05, 0.1) is 0 Å². The largest absolute Gasteiger partial charge is 0.311 e. The number of halogens is 1. The van der Waals surface area contributed by atoms with E-state index in [2.05, 4.69) is 44.5 Å². The smallest absolute Gasteiger partial charge is 0.0300 e. The van der Waals surface area contributed by atoms with Crippen LogP contribution in [0.15, 0.2) is 15.9 Å². The first kappa shape index (κ1) is 14.5. The third kappa shape index (κ3) is 4.65. The molecule has 0 aromatic carbocycles. The molecular formula is C14H23BrN2S. The van der Waals surface area contributed by atoms with Crippen LogP contribution in [0.1, 0.15) is 31.1 Å². The van der Waals surface area contributed by atoms with E-state index < -0.39 is 0 Å². The highest BCUT2D eigenvalue weighted by Crippen LogP contribution is 2.20. The first-order chi connectivity index (χ1) is 8.78. The fraction of sp³-hybridized carbons (Fsp3) is 0.714. The second-order valence-electron chi connectivity index (χ2n) is 5.13. The Morgan fingerprint density at radius 3 is 3.17 bits per heavy atom. The van der Waals surface area contributed by atoms with Crippen LogP contribution in [0.3, 0.4) is 0 Å². The number of hydrogen-bond acceptors (Lipinski definition) is 3. The molecule has 1 aromatic heterocycles. The average molecular weight is 331 g/mol. The second kappa shape index (κ2) is 7.63. The maximum Gasteiger partial charge on any atom is 0.0300 e. The van der Waals surface area contributed by atoms with Crippen molar-refractivity contribution in [1.82, 2.24) is 10.2 Å². The normalized spacial score (nSPS) is 21.3. The number of nitrogens with zero attached hydrogens (tertiary/aromatic N) is 1. The first-order valence-electron chi connectivity index (χ1n) is 6.94. The highest BCUT2D eigenvalue weighted by molar-refractivity contribution is 9.10. The van der Waals surface area contributed by atoms with Gasteiger partial charge in [-0.05, 0) is 47.3 Å². The van der Waals surface area contributed by atoms with Crippen molar-refractivity contribution < 1.29 is 0 Å². The van der Waals surface area contributed by atoms with Gasteiger partial charge < -0.3 is 10.2 Å². The summed E-state index contributed by atoms with van der Waals surface area (Å²) >= 11 is 5.31. The van der Waals surface area contributed by atoms with Crippen LogP contribution < -0.4 is 5.32 Å². The van der Waals surface area contributed by atoms with Gasteiger partial charge in [-0.3, -0.25) is 0 Å². The summed E-state index contributed by atoms with van der Waals surface area (Å²) in [7, 11) is 0. The summed E-state index contributed by atoms with van der Waals surface area (Å²) in [6, 6.07) is 2.20. The van der Waals surface area contributed by atoms with Crippen LogP contribution in [0.2, 0.25) is 0 Å². The van der Waals surface area contributed by atoms with Crippen molar-refractivity contribution in [3.05, 3.63) is 20.8 Å². The van der Waals surface area contributed by atoms with Gasteiger partial charge in [0.1, 0.15) is 0 Å². The van der Waals surface area contributed by atoms with Gasteiger partial charge in [-0.1, -0.05) is 13.3 Å². The summed E-state index contributed by atoms with van der Waals surface area (Å²) in [6.45, 7) is 8.23. The van der Waals surface area contributed by atoms with Crippen LogP contribution in [0.5, 0.6) is 0 Å². The molecule has 2 rings (SSSR count). The van der Waals surface area contributed by atoms with Crippen molar-refractivity contribution in [1.29, 1.82) is 0 Å². The molecule has 1 saturated heterocycles. The molecule has 0 aliphatic carbocycles. The van der Waals surface area contributed by atoms with Gasteiger partial charge in [-0.25, -0.2) is 0 Å². The molecule has 1 unspecified atom stereocenters. The lowest BCUT2D eigenvalue weighted by Gasteiger charge is -2.32. The lowest BCUT2D eigenvalue weighted by molar-refractivity contribution is 0.172. The number of piperidine rings is 1. The SMILES string of the molecule is CCC1CCCN(CCNCc2cc(Br)cs2)C1. The minimum Gasteiger partial charge on any atom is -0.311 e. The summed E-state index contributed by atoms with van der Waals surface area (Å²) in [5.41, 5.74) is 0. The molecule has 18 heavy (non-hydrogen) atoms. The van der Waals surface area contributed by atoms with Crippen molar-refractivity contribution in [2.24, 2.45) is 5.92 Å². The molecular weight excluding hydrogens is 308 g/mol. The zero-order valence-electron chi connectivity index (χ0n) is 11.1. The van der Waals surface area contributed by atoms with Crippen LogP contribution in [0, 0.1) is 5.92 Å². The van der Waals surface area contributed by atoms with Crippen LogP contribution in [0.4, 0.5) is 0 Å². The quantitative estimate of drug-likeness (QED) is 0.799. The van der Waals surface area contributed by atoms with Crippen molar-refractivity contribution >= 4 is 27.3 Å². The van der Waals surface area contributed by atoms with E-state index >= 15 is 0 Å². The number of rotatable bonds is 6. The van der Waals surface area contributed by atoms with Crippen LogP contribution in [0.25, 0.3) is 0 Å². The fourth-order valence-corrected chi connectivity index (χ4v) is 4.00. The van der Waals surface area contributed by atoms with Gasteiger partial charge in [0, 0.05) is 40.9 Å². The van der Waals surface area contributed by atoms with Gasteiger partial charge in [0.25, 0.3) is 0 Å². The first-order valence-corrected chi connectivity index (χ1v) is 8.61. The Hall–Kier alpha value is 0.1000. The molecule has 0 radical (unpaired) electrons.